The fourth-order valence-electron chi connectivity index (χ4n) is 4.89. The number of amides is 3. The number of likely N-dealkylation sites (tertiary alicyclic amines) is 1. The zero-order valence-corrected chi connectivity index (χ0v) is 19.6. The molecule has 1 N–H and O–H groups in total. The van der Waals surface area contributed by atoms with Crippen LogP contribution < -0.4 is 5.32 Å². The van der Waals surface area contributed by atoms with Crippen molar-refractivity contribution in [1.82, 2.24) is 10.2 Å². The van der Waals surface area contributed by atoms with Gasteiger partial charge in [0.05, 0.1) is 11.5 Å². The lowest BCUT2D eigenvalue weighted by Gasteiger charge is -2.28. The molecule has 0 aliphatic carbocycles. The molecule has 34 heavy (non-hydrogen) atoms. The van der Waals surface area contributed by atoms with Crippen molar-refractivity contribution in [3.8, 4) is 0 Å². The predicted octanol–water partition coefficient (Wildman–Crippen LogP) is 4.14. The number of carbonyl (C=O) groups is 3. The highest BCUT2D eigenvalue weighted by Crippen LogP contribution is 2.40. The van der Waals surface area contributed by atoms with Crippen molar-refractivity contribution >= 4 is 28.5 Å². The lowest BCUT2D eigenvalue weighted by atomic mass is 9.75. The molecular weight excluding hydrogens is 428 g/mol. The quantitative estimate of drug-likeness (QED) is 0.386. The van der Waals surface area contributed by atoms with Gasteiger partial charge in [-0.05, 0) is 35.2 Å². The smallest absolute Gasteiger partial charge is 0.240 e. The molecule has 6 heteroatoms. The largest absolute Gasteiger partial charge is 0.385 e. The molecule has 6 nitrogen and oxygen atoms in total. The number of ether oxygens (including phenoxy) is 1. The van der Waals surface area contributed by atoms with E-state index in [2.05, 4.69) is 5.32 Å². The van der Waals surface area contributed by atoms with Crippen LogP contribution in [0.1, 0.15) is 43.4 Å². The van der Waals surface area contributed by atoms with Crippen LogP contribution in [0.3, 0.4) is 0 Å². The molecule has 0 radical (unpaired) electrons. The second-order valence-corrected chi connectivity index (χ2v) is 8.86. The van der Waals surface area contributed by atoms with Gasteiger partial charge in [0.15, 0.2) is 0 Å². The van der Waals surface area contributed by atoms with E-state index in [-0.39, 0.29) is 43.1 Å². The van der Waals surface area contributed by atoms with Crippen molar-refractivity contribution in [3.05, 3.63) is 83.9 Å². The summed E-state index contributed by atoms with van der Waals surface area (Å²) in [6, 6.07) is 23.0. The fraction of sp³-hybridized carbons (Fsp3) is 0.321. The highest BCUT2D eigenvalue weighted by atomic mass is 16.5. The summed E-state index contributed by atoms with van der Waals surface area (Å²) in [5.74, 6) is -0.822. The molecule has 0 spiro atoms. The number of fused-ring (bicyclic) bond motifs is 1. The van der Waals surface area contributed by atoms with Crippen LogP contribution in [0.15, 0.2) is 72.8 Å². The van der Waals surface area contributed by atoms with Gasteiger partial charge >= 0.3 is 0 Å². The highest BCUT2D eigenvalue weighted by Gasteiger charge is 2.53. The lowest BCUT2D eigenvalue weighted by Crippen LogP contribution is -2.43. The van der Waals surface area contributed by atoms with Gasteiger partial charge in [-0.25, -0.2) is 0 Å². The van der Waals surface area contributed by atoms with E-state index in [0.29, 0.717) is 18.6 Å². The summed E-state index contributed by atoms with van der Waals surface area (Å²) >= 11 is 0. The molecule has 176 valence electrons. The first-order valence-corrected chi connectivity index (χ1v) is 11.6. The summed E-state index contributed by atoms with van der Waals surface area (Å²) < 4.78 is 5.08. The van der Waals surface area contributed by atoms with E-state index in [1.165, 1.54) is 4.90 Å². The standard InChI is InChI=1S/C28H30N2O4/c1-20(23-15-8-11-21-10-6-7-14-24(21)23)29-25(31)18-28(22-12-4-3-5-13-22)19-26(32)30(27(28)33)16-9-17-34-2/h3-8,10-15,20H,9,16-19H2,1-2H3,(H,29,31)/t20-,28+/m0/s1. The maximum atomic E-state index is 13.6. The van der Waals surface area contributed by atoms with Crippen LogP contribution in [0.2, 0.25) is 0 Å². The first-order chi connectivity index (χ1) is 16.5. The van der Waals surface area contributed by atoms with Crippen molar-refractivity contribution in [1.29, 1.82) is 0 Å². The molecule has 1 heterocycles. The van der Waals surface area contributed by atoms with Crippen LogP contribution in [0.4, 0.5) is 0 Å². The summed E-state index contributed by atoms with van der Waals surface area (Å²) in [6.07, 6.45) is 0.458. The molecule has 1 aliphatic heterocycles. The molecular formula is C28H30N2O4. The molecule has 2 atom stereocenters. The summed E-state index contributed by atoms with van der Waals surface area (Å²) in [5, 5.41) is 5.25. The minimum atomic E-state index is -1.20. The number of methoxy groups -OCH3 is 1. The van der Waals surface area contributed by atoms with Gasteiger partial charge in [-0.15, -0.1) is 0 Å². The Kier molecular flexibility index (Phi) is 7.08. The molecule has 0 unspecified atom stereocenters. The van der Waals surface area contributed by atoms with E-state index in [1.54, 1.807) is 7.11 Å². The Bertz CT molecular complexity index is 1190. The third kappa shape index (κ3) is 4.59. The second kappa shape index (κ2) is 10.2. The van der Waals surface area contributed by atoms with Crippen molar-refractivity contribution in [2.24, 2.45) is 0 Å². The van der Waals surface area contributed by atoms with Gasteiger partial charge in [-0.1, -0.05) is 72.8 Å². The van der Waals surface area contributed by atoms with E-state index >= 15 is 0 Å². The van der Waals surface area contributed by atoms with E-state index in [4.69, 9.17) is 4.74 Å². The van der Waals surface area contributed by atoms with Gasteiger partial charge in [0.1, 0.15) is 0 Å². The summed E-state index contributed by atoms with van der Waals surface area (Å²) in [7, 11) is 1.59. The van der Waals surface area contributed by atoms with Crippen LogP contribution in [0.25, 0.3) is 10.8 Å². The molecule has 1 saturated heterocycles. The average molecular weight is 459 g/mol. The van der Waals surface area contributed by atoms with Crippen LogP contribution in [-0.4, -0.2) is 42.9 Å². The Morgan fingerprint density at radius 1 is 1.03 bits per heavy atom. The number of imide groups is 1. The lowest BCUT2D eigenvalue weighted by molar-refractivity contribution is -0.141. The van der Waals surface area contributed by atoms with Crippen LogP contribution >= 0.6 is 0 Å². The maximum Gasteiger partial charge on any atom is 0.240 e. The molecule has 0 saturated carbocycles. The first-order valence-electron chi connectivity index (χ1n) is 11.6. The summed E-state index contributed by atoms with van der Waals surface area (Å²) in [6.45, 7) is 2.68. The van der Waals surface area contributed by atoms with Crippen molar-refractivity contribution < 1.29 is 19.1 Å². The minimum Gasteiger partial charge on any atom is -0.385 e. The number of hydrogen-bond donors (Lipinski definition) is 1. The number of hydrogen-bond acceptors (Lipinski definition) is 4. The summed E-state index contributed by atoms with van der Waals surface area (Å²) in [4.78, 5) is 41.0. The molecule has 0 bridgehead atoms. The Hall–Kier alpha value is -3.51. The molecule has 1 aliphatic rings. The molecule has 4 rings (SSSR count). The van der Waals surface area contributed by atoms with Crippen LogP contribution in [0.5, 0.6) is 0 Å². The minimum absolute atomic E-state index is 0.0150. The number of nitrogens with zero attached hydrogens (tertiary/aromatic N) is 1. The monoisotopic (exact) mass is 458 g/mol. The third-order valence-corrected chi connectivity index (χ3v) is 6.59. The van der Waals surface area contributed by atoms with E-state index in [1.807, 2.05) is 79.7 Å². The highest BCUT2D eigenvalue weighted by molar-refractivity contribution is 6.10. The van der Waals surface area contributed by atoms with Crippen LogP contribution in [-0.2, 0) is 24.5 Å². The van der Waals surface area contributed by atoms with E-state index in [9.17, 15) is 14.4 Å². The SMILES string of the molecule is COCCCN1C(=O)C[C@](CC(=O)N[C@@H](C)c2cccc3ccccc23)(c2ccccc2)C1=O. The molecule has 3 amide bonds. The molecule has 3 aromatic rings. The van der Waals surface area contributed by atoms with Gasteiger partial charge in [0.2, 0.25) is 17.7 Å². The van der Waals surface area contributed by atoms with E-state index in [0.717, 1.165) is 16.3 Å². The molecule has 1 fully saturated rings. The van der Waals surface area contributed by atoms with Crippen molar-refractivity contribution in [3.63, 3.8) is 0 Å². The summed E-state index contributed by atoms with van der Waals surface area (Å²) in [5.41, 5.74) is 0.499. The third-order valence-electron chi connectivity index (χ3n) is 6.59. The first kappa shape index (κ1) is 23.6. The van der Waals surface area contributed by atoms with Crippen LogP contribution in [0, 0.1) is 0 Å². The van der Waals surface area contributed by atoms with E-state index < -0.39 is 5.41 Å². The normalized spacial score (nSPS) is 18.9. The Morgan fingerprint density at radius 3 is 2.50 bits per heavy atom. The molecule has 3 aromatic carbocycles. The average Bonchev–Trinajstić information content (AvgIpc) is 3.09. The van der Waals surface area contributed by atoms with Gasteiger partial charge in [0, 0.05) is 33.1 Å². The van der Waals surface area contributed by atoms with Gasteiger partial charge in [0.25, 0.3) is 0 Å². The van der Waals surface area contributed by atoms with Gasteiger partial charge < -0.3 is 10.1 Å². The molecule has 0 aromatic heterocycles. The zero-order valence-electron chi connectivity index (χ0n) is 19.6. The Labute approximate surface area is 199 Å². The fourth-order valence-corrected chi connectivity index (χ4v) is 4.89. The number of benzene rings is 3. The van der Waals surface area contributed by atoms with Gasteiger partial charge in [-0.2, -0.15) is 0 Å². The van der Waals surface area contributed by atoms with Crippen molar-refractivity contribution in [2.75, 3.05) is 20.3 Å². The Morgan fingerprint density at radius 2 is 1.74 bits per heavy atom. The topological polar surface area (TPSA) is 75.7 Å². The zero-order chi connectivity index (χ0) is 24.1. The number of carbonyl (C=O) groups excluding carboxylic acids is 3. The Balaban J connectivity index is 1.58. The van der Waals surface area contributed by atoms with Crippen molar-refractivity contribution in [2.45, 2.75) is 37.6 Å². The maximum absolute atomic E-state index is 13.6. The van der Waals surface area contributed by atoms with Gasteiger partial charge in [-0.3, -0.25) is 19.3 Å². The second-order valence-electron chi connectivity index (χ2n) is 8.86. The predicted molar refractivity (Wildman–Crippen MR) is 131 cm³/mol. The number of nitrogens with one attached hydrogen (secondary N) is 1. The number of rotatable bonds is 9.